The number of hydrogen-bond donors (Lipinski definition) is 0. The molecular formula is C52H74CaO8S2. The standard InChI is InChI=1S/2C26H38O4S.Ca/c2*1-2-3-4-5-6-7-8-9-10-11-12-14-17-23-20-21-25(31(27,28)29)22-26(23)30-24-18-15-13-16-19-24;/h2*13,15-16,18-22H,2-12,14,17H2,1H3,(H,27,28,29);/q;;+2/p-2. The summed E-state index contributed by atoms with van der Waals surface area (Å²) in [7, 11) is -9.02. The third-order valence-corrected chi connectivity index (χ3v) is 12.9. The molecule has 4 aromatic carbocycles. The average molecular weight is 931 g/mol. The van der Waals surface area contributed by atoms with E-state index in [1.54, 1.807) is 12.1 Å². The van der Waals surface area contributed by atoms with Gasteiger partial charge in [0.15, 0.2) is 0 Å². The topological polar surface area (TPSA) is 133 Å². The van der Waals surface area contributed by atoms with Gasteiger partial charge in [-0.3, -0.25) is 0 Å². The summed E-state index contributed by atoms with van der Waals surface area (Å²) in [6.45, 7) is 4.51. The van der Waals surface area contributed by atoms with Crippen molar-refractivity contribution in [1.29, 1.82) is 0 Å². The number of hydrogen-bond acceptors (Lipinski definition) is 8. The van der Waals surface area contributed by atoms with Gasteiger partial charge in [0.25, 0.3) is 0 Å². The van der Waals surface area contributed by atoms with Crippen LogP contribution in [0.2, 0.25) is 0 Å². The Morgan fingerprint density at radius 3 is 0.921 bits per heavy atom. The third kappa shape index (κ3) is 25.7. The number of para-hydroxylation sites is 2. The molecule has 0 saturated carbocycles. The van der Waals surface area contributed by atoms with E-state index < -0.39 is 20.2 Å². The first-order valence-corrected chi connectivity index (χ1v) is 26.5. The molecule has 0 unspecified atom stereocenters. The zero-order valence-corrected chi connectivity index (χ0v) is 42.3. The Morgan fingerprint density at radius 2 is 0.651 bits per heavy atom. The fourth-order valence-electron chi connectivity index (χ4n) is 7.53. The number of benzene rings is 4. The first kappa shape index (κ1) is 56.7. The summed E-state index contributed by atoms with van der Waals surface area (Å²) >= 11 is 0. The van der Waals surface area contributed by atoms with Crippen LogP contribution in [-0.4, -0.2) is 63.7 Å². The molecule has 0 N–H and O–H groups in total. The predicted molar refractivity (Wildman–Crippen MR) is 257 cm³/mol. The summed E-state index contributed by atoms with van der Waals surface area (Å²) in [4.78, 5) is -0.506. The van der Waals surface area contributed by atoms with E-state index in [4.69, 9.17) is 9.47 Å². The normalized spacial score (nSPS) is 11.4. The Morgan fingerprint density at radius 1 is 0.381 bits per heavy atom. The van der Waals surface area contributed by atoms with E-state index in [0.29, 0.717) is 23.0 Å². The average Bonchev–Trinajstić information content (AvgIpc) is 3.25. The predicted octanol–water partition coefficient (Wildman–Crippen LogP) is 14.9. The molecule has 4 rings (SSSR count). The molecule has 0 heterocycles. The first-order valence-electron chi connectivity index (χ1n) is 23.6. The van der Waals surface area contributed by atoms with Crippen molar-refractivity contribution in [2.75, 3.05) is 0 Å². The molecule has 0 aromatic heterocycles. The molecule has 0 atom stereocenters. The van der Waals surface area contributed by atoms with Crippen LogP contribution in [-0.2, 0) is 33.1 Å². The van der Waals surface area contributed by atoms with Gasteiger partial charge >= 0.3 is 37.7 Å². The van der Waals surface area contributed by atoms with Crippen molar-refractivity contribution in [3.05, 3.63) is 108 Å². The first-order chi connectivity index (χ1) is 30.0. The molecule has 0 aliphatic rings. The molecule has 0 aliphatic carbocycles. The molecule has 0 bridgehead atoms. The molecule has 0 radical (unpaired) electrons. The fourth-order valence-corrected chi connectivity index (χ4v) is 8.50. The van der Waals surface area contributed by atoms with Crippen LogP contribution in [0.3, 0.4) is 0 Å². The molecule has 0 saturated heterocycles. The van der Waals surface area contributed by atoms with Gasteiger partial charge in [-0.25, -0.2) is 16.8 Å². The number of aryl methyl sites for hydroxylation is 2. The van der Waals surface area contributed by atoms with Gasteiger partial charge in [0.1, 0.15) is 43.2 Å². The second-order valence-corrected chi connectivity index (χ2v) is 19.3. The number of rotatable bonds is 32. The van der Waals surface area contributed by atoms with Gasteiger partial charge < -0.3 is 18.6 Å². The number of unbranched alkanes of at least 4 members (excludes halogenated alkanes) is 22. The van der Waals surface area contributed by atoms with Crippen molar-refractivity contribution in [1.82, 2.24) is 0 Å². The summed E-state index contributed by atoms with van der Waals surface area (Å²) in [5.74, 6) is 2.15. The van der Waals surface area contributed by atoms with Crippen molar-refractivity contribution in [3.8, 4) is 23.0 Å². The molecule has 0 fully saturated rings. The van der Waals surface area contributed by atoms with E-state index in [0.717, 1.165) is 49.7 Å². The summed E-state index contributed by atoms with van der Waals surface area (Å²) < 4.78 is 80.3. The Bertz CT molecular complexity index is 1850. The van der Waals surface area contributed by atoms with Gasteiger partial charge in [-0.1, -0.05) is 204 Å². The second kappa shape index (κ2) is 34.0. The summed E-state index contributed by atoms with van der Waals surface area (Å²) in [5, 5.41) is 0. The van der Waals surface area contributed by atoms with Crippen molar-refractivity contribution in [2.45, 2.75) is 191 Å². The van der Waals surface area contributed by atoms with Crippen LogP contribution in [0.4, 0.5) is 0 Å². The monoisotopic (exact) mass is 930 g/mol. The SMILES string of the molecule is CCCCCCCCCCCCCCc1ccc(S(=O)(=O)[O-])cc1Oc1ccccc1.CCCCCCCCCCCCCCc1ccc(S(=O)(=O)[O-])cc1Oc1ccccc1.[Ca+2]. The Kier molecular flexibility index (Phi) is 30.6. The zero-order chi connectivity index (χ0) is 44.7. The van der Waals surface area contributed by atoms with Crippen LogP contribution in [0.25, 0.3) is 0 Å². The Balaban J connectivity index is 0.000000427. The van der Waals surface area contributed by atoms with Gasteiger partial charge in [-0.2, -0.15) is 0 Å². The minimum absolute atomic E-state index is 0. The van der Waals surface area contributed by atoms with E-state index in [-0.39, 0.29) is 47.5 Å². The largest absolute Gasteiger partial charge is 2.00 e. The van der Waals surface area contributed by atoms with Crippen molar-refractivity contribution in [2.24, 2.45) is 0 Å². The van der Waals surface area contributed by atoms with Crippen LogP contribution in [0.5, 0.6) is 23.0 Å². The van der Waals surface area contributed by atoms with Crippen molar-refractivity contribution < 1.29 is 35.4 Å². The molecule has 344 valence electrons. The van der Waals surface area contributed by atoms with Gasteiger partial charge in [-0.15, -0.1) is 0 Å². The Labute approximate surface area is 411 Å². The molecule has 4 aromatic rings. The molecule has 11 heteroatoms. The maximum Gasteiger partial charge on any atom is 2.00 e. The maximum absolute atomic E-state index is 11.4. The summed E-state index contributed by atoms with van der Waals surface area (Å²) in [5.41, 5.74) is 1.87. The van der Waals surface area contributed by atoms with Crippen LogP contribution < -0.4 is 9.47 Å². The van der Waals surface area contributed by atoms with Gasteiger partial charge in [0.2, 0.25) is 0 Å². The van der Waals surface area contributed by atoms with Crippen LogP contribution in [0, 0.1) is 0 Å². The zero-order valence-electron chi connectivity index (χ0n) is 38.4. The van der Waals surface area contributed by atoms with E-state index in [9.17, 15) is 25.9 Å². The minimum Gasteiger partial charge on any atom is -0.744 e. The summed E-state index contributed by atoms with van der Waals surface area (Å²) in [6.07, 6.45) is 32.6. The fraction of sp³-hybridized carbons (Fsp3) is 0.538. The second-order valence-electron chi connectivity index (χ2n) is 16.6. The van der Waals surface area contributed by atoms with Gasteiger partial charge in [-0.05, 0) is 85.3 Å². The van der Waals surface area contributed by atoms with E-state index in [1.807, 2.05) is 60.7 Å². The van der Waals surface area contributed by atoms with Crippen molar-refractivity contribution in [3.63, 3.8) is 0 Å². The molecule has 0 amide bonds. The van der Waals surface area contributed by atoms with E-state index in [1.165, 1.54) is 153 Å². The van der Waals surface area contributed by atoms with Gasteiger partial charge in [0, 0.05) is 0 Å². The molecular weight excluding hydrogens is 857 g/mol. The molecule has 0 spiro atoms. The summed E-state index contributed by atoms with van der Waals surface area (Å²) in [6, 6.07) is 27.3. The van der Waals surface area contributed by atoms with E-state index >= 15 is 0 Å². The minimum atomic E-state index is -4.51. The molecule has 0 aliphatic heterocycles. The number of ether oxygens (including phenoxy) is 2. The smallest absolute Gasteiger partial charge is 0.744 e. The van der Waals surface area contributed by atoms with Crippen LogP contribution in [0.1, 0.15) is 179 Å². The van der Waals surface area contributed by atoms with Crippen molar-refractivity contribution >= 4 is 58.0 Å². The molecule has 8 nitrogen and oxygen atoms in total. The third-order valence-electron chi connectivity index (χ3n) is 11.2. The van der Waals surface area contributed by atoms with Crippen LogP contribution >= 0.6 is 0 Å². The maximum atomic E-state index is 11.4. The van der Waals surface area contributed by atoms with E-state index in [2.05, 4.69) is 13.8 Å². The quantitative estimate of drug-likeness (QED) is 0.0269. The molecule has 63 heavy (non-hydrogen) atoms. The van der Waals surface area contributed by atoms with Crippen LogP contribution in [0.15, 0.2) is 107 Å². The van der Waals surface area contributed by atoms with Gasteiger partial charge in [0.05, 0.1) is 9.79 Å². The Hall–Kier alpha value is -2.44.